The molecule has 5 aromatic rings. The number of carbonyl (C=O) groups is 1. The third kappa shape index (κ3) is 3.86. The number of nitrogens with zero attached hydrogens (tertiary/aromatic N) is 5. The number of hydrogen-bond acceptors (Lipinski definition) is 5. The highest BCUT2D eigenvalue weighted by Crippen LogP contribution is 2.23. The number of carbonyl (C=O) groups excluding carboxylic acids is 1. The SMILES string of the molecule is O=C(Nc1ccc(-c2ccc3nnc(-c4ccncc4)n3n2)cc1)c1ccc(Cl)cc1. The minimum Gasteiger partial charge on any atom is -0.322 e. The van der Waals surface area contributed by atoms with Crippen LogP contribution >= 0.6 is 11.6 Å². The fraction of sp³-hybridized carbons (Fsp3) is 0. The number of aromatic nitrogens is 5. The highest BCUT2D eigenvalue weighted by atomic mass is 35.5. The number of anilines is 1. The van der Waals surface area contributed by atoms with Gasteiger partial charge in [0.2, 0.25) is 0 Å². The zero-order chi connectivity index (χ0) is 21.2. The molecule has 0 radical (unpaired) electrons. The third-order valence-corrected chi connectivity index (χ3v) is 5.00. The minimum absolute atomic E-state index is 0.199. The number of nitrogens with one attached hydrogen (secondary N) is 1. The van der Waals surface area contributed by atoms with Gasteiger partial charge in [-0.1, -0.05) is 23.7 Å². The Morgan fingerprint density at radius 3 is 2.29 bits per heavy atom. The van der Waals surface area contributed by atoms with Crippen molar-refractivity contribution >= 4 is 28.8 Å². The van der Waals surface area contributed by atoms with Crippen molar-refractivity contribution in [1.29, 1.82) is 0 Å². The van der Waals surface area contributed by atoms with Gasteiger partial charge in [-0.15, -0.1) is 10.2 Å². The van der Waals surface area contributed by atoms with E-state index in [0.717, 1.165) is 16.8 Å². The van der Waals surface area contributed by atoms with Crippen LogP contribution in [0.2, 0.25) is 5.02 Å². The van der Waals surface area contributed by atoms with Gasteiger partial charge in [-0.25, -0.2) is 0 Å². The number of hydrogen-bond donors (Lipinski definition) is 1. The normalized spacial score (nSPS) is 10.9. The predicted molar refractivity (Wildman–Crippen MR) is 119 cm³/mol. The molecule has 0 aliphatic rings. The van der Waals surface area contributed by atoms with Gasteiger partial charge in [-0.3, -0.25) is 9.78 Å². The summed E-state index contributed by atoms with van der Waals surface area (Å²) in [5, 5.41) is 16.6. The average Bonchev–Trinajstić information content (AvgIpc) is 3.24. The van der Waals surface area contributed by atoms with E-state index in [1.54, 1.807) is 41.2 Å². The van der Waals surface area contributed by atoms with Crippen LogP contribution in [0.1, 0.15) is 10.4 Å². The Kier molecular flexibility index (Phi) is 4.86. The number of amides is 1. The van der Waals surface area contributed by atoms with Crippen LogP contribution in [0.3, 0.4) is 0 Å². The summed E-state index contributed by atoms with van der Waals surface area (Å²) in [6.45, 7) is 0. The van der Waals surface area contributed by atoms with E-state index in [9.17, 15) is 4.79 Å². The lowest BCUT2D eigenvalue weighted by Gasteiger charge is -2.07. The van der Waals surface area contributed by atoms with E-state index in [-0.39, 0.29) is 5.91 Å². The molecule has 0 atom stereocenters. The fourth-order valence-electron chi connectivity index (χ4n) is 3.15. The van der Waals surface area contributed by atoms with E-state index in [4.69, 9.17) is 16.7 Å². The second kappa shape index (κ2) is 7.97. The quantitative estimate of drug-likeness (QED) is 0.448. The summed E-state index contributed by atoms with van der Waals surface area (Å²) in [4.78, 5) is 16.4. The van der Waals surface area contributed by atoms with Crippen molar-refractivity contribution in [3.63, 3.8) is 0 Å². The Balaban J connectivity index is 1.40. The van der Waals surface area contributed by atoms with Gasteiger partial charge in [0.25, 0.3) is 5.91 Å². The van der Waals surface area contributed by atoms with Gasteiger partial charge in [0.1, 0.15) is 0 Å². The first-order valence-corrected chi connectivity index (χ1v) is 9.85. The molecule has 0 unspecified atom stereocenters. The maximum absolute atomic E-state index is 12.4. The number of benzene rings is 2. The van der Waals surface area contributed by atoms with Crippen molar-refractivity contribution in [2.45, 2.75) is 0 Å². The Morgan fingerprint density at radius 1 is 0.806 bits per heavy atom. The monoisotopic (exact) mass is 426 g/mol. The van der Waals surface area contributed by atoms with Crippen molar-refractivity contribution in [2.75, 3.05) is 5.32 Å². The molecule has 0 aliphatic carbocycles. The van der Waals surface area contributed by atoms with Gasteiger partial charge in [0.05, 0.1) is 5.69 Å². The first kappa shape index (κ1) is 18.9. The molecule has 1 amide bonds. The van der Waals surface area contributed by atoms with Crippen LogP contribution in [0, 0.1) is 0 Å². The predicted octanol–water partition coefficient (Wildman–Crippen LogP) is 4.76. The zero-order valence-electron chi connectivity index (χ0n) is 16.1. The molecule has 2 aromatic carbocycles. The average molecular weight is 427 g/mol. The molecule has 0 saturated carbocycles. The second-order valence-electron chi connectivity index (χ2n) is 6.79. The number of fused-ring (bicyclic) bond motifs is 1. The molecule has 3 heterocycles. The lowest BCUT2D eigenvalue weighted by Crippen LogP contribution is -2.11. The smallest absolute Gasteiger partial charge is 0.255 e. The van der Waals surface area contributed by atoms with Crippen LogP contribution in [0.5, 0.6) is 0 Å². The molecule has 31 heavy (non-hydrogen) atoms. The van der Waals surface area contributed by atoms with Crippen LogP contribution in [0.15, 0.2) is 85.2 Å². The van der Waals surface area contributed by atoms with E-state index in [0.29, 0.717) is 27.7 Å². The first-order valence-electron chi connectivity index (χ1n) is 9.47. The molecular formula is C23H15ClN6O. The Bertz CT molecular complexity index is 1370. The fourth-order valence-corrected chi connectivity index (χ4v) is 3.28. The van der Waals surface area contributed by atoms with Crippen molar-refractivity contribution in [3.05, 3.63) is 95.8 Å². The highest BCUT2D eigenvalue weighted by molar-refractivity contribution is 6.30. The molecule has 0 aliphatic heterocycles. The molecule has 1 N–H and O–H groups in total. The summed E-state index contributed by atoms with van der Waals surface area (Å²) in [7, 11) is 0. The van der Waals surface area contributed by atoms with Crippen LogP contribution < -0.4 is 5.32 Å². The van der Waals surface area contributed by atoms with E-state index < -0.39 is 0 Å². The van der Waals surface area contributed by atoms with Gasteiger partial charge < -0.3 is 5.32 Å². The summed E-state index contributed by atoms with van der Waals surface area (Å²) in [5.41, 5.74) is 4.43. The lowest BCUT2D eigenvalue weighted by molar-refractivity contribution is 0.102. The molecule has 0 spiro atoms. The highest BCUT2D eigenvalue weighted by Gasteiger charge is 2.11. The van der Waals surface area contributed by atoms with E-state index in [2.05, 4.69) is 20.5 Å². The third-order valence-electron chi connectivity index (χ3n) is 4.75. The van der Waals surface area contributed by atoms with Gasteiger partial charge >= 0.3 is 0 Å². The van der Waals surface area contributed by atoms with Crippen molar-refractivity contribution in [2.24, 2.45) is 0 Å². The van der Waals surface area contributed by atoms with Crippen molar-refractivity contribution in [1.82, 2.24) is 24.8 Å². The second-order valence-corrected chi connectivity index (χ2v) is 7.22. The summed E-state index contributed by atoms with van der Waals surface area (Å²) in [6.07, 6.45) is 3.41. The van der Waals surface area contributed by atoms with Gasteiger partial charge in [-0.2, -0.15) is 9.61 Å². The molecule has 3 aromatic heterocycles. The molecule has 5 rings (SSSR count). The summed E-state index contributed by atoms with van der Waals surface area (Å²) < 4.78 is 1.71. The van der Waals surface area contributed by atoms with E-state index >= 15 is 0 Å². The Labute approximate surface area is 182 Å². The molecule has 7 nitrogen and oxygen atoms in total. The van der Waals surface area contributed by atoms with Crippen LogP contribution in [0.25, 0.3) is 28.3 Å². The standard InChI is InChI=1S/C23H15ClN6O/c24-18-5-1-17(2-6-18)23(31)26-19-7-3-15(4-8-19)20-9-10-21-27-28-22(30(21)29-20)16-11-13-25-14-12-16/h1-14H,(H,26,31). The minimum atomic E-state index is -0.199. The Hall–Kier alpha value is -4.10. The van der Waals surface area contributed by atoms with Gasteiger partial charge in [-0.05, 0) is 60.7 Å². The van der Waals surface area contributed by atoms with Crippen LogP contribution in [-0.4, -0.2) is 30.7 Å². The van der Waals surface area contributed by atoms with Crippen molar-refractivity contribution < 1.29 is 4.79 Å². The number of halogens is 1. The number of pyridine rings is 1. The number of rotatable bonds is 4. The summed E-state index contributed by atoms with van der Waals surface area (Å²) >= 11 is 5.88. The van der Waals surface area contributed by atoms with Gasteiger partial charge in [0, 0.05) is 39.8 Å². The molecular weight excluding hydrogens is 412 g/mol. The van der Waals surface area contributed by atoms with Crippen LogP contribution in [-0.2, 0) is 0 Å². The van der Waals surface area contributed by atoms with Crippen LogP contribution in [0.4, 0.5) is 5.69 Å². The molecule has 8 heteroatoms. The van der Waals surface area contributed by atoms with E-state index in [1.807, 2.05) is 48.5 Å². The largest absolute Gasteiger partial charge is 0.322 e. The zero-order valence-corrected chi connectivity index (χ0v) is 16.9. The maximum atomic E-state index is 12.4. The molecule has 0 bridgehead atoms. The Morgan fingerprint density at radius 2 is 1.55 bits per heavy atom. The topological polar surface area (TPSA) is 85.1 Å². The molecule has 0 fully saturated rings. The van der Waals surface area contributed by atoms with Crippen molar-refractivity contribution in [3.8, 4) is 22.6 Å². The maximum Gasteiger partial charge on any atom is 0.255 e. The molecule has 0 saturated heterocycles. The van der Waals surface area contributed by atoms with E-state index in [1.165, 1.54) is 0 Å². The summed E-state index contributed by atoms with van der Waals surface area (Å²) in [6, 6.07) is 21.7. The lowest BCUT2D eigenvalue weighted by atomic mass is 10.1. The molecule has 150 valence electrons. The summed E-state index contributed by atoms with van der Waals surface area (Å²) in [5.74, 6) is 0.446. The van der Waals surface area contributed by atoms with Gasteiger partial charge in [0.15, 0.2) is 11.5 Å². The first-order chi connectivity index (χ1) is 15.2.